The van der Waals surface area contributed by atoms with Crippen LogP contribution in [0, 0.1) is 11.8 Å². The molecule has 11 nitrogen and oxygen atoms in total. The number of imidazole rings is 1. The fourth-order valence-corrected chi connectivity index (χ4v) is 7.94. The minimum Gasteiger partial charge on any atom is -0.494 e. The van der Waals surface area contributed by atoms with Gasteiger partial charge in [0.1, 0.15) is 16.9 Å². The first-order chi connectivity index (χ1) is 22.3. The van der Waals surface area contributed by atoms with Gasteiger partial charge in [-0.25, -0.2) is 9.97 Å². The van der Waals surface area contributed by atoms with Gasteiger partial charge in [-0.3, -0.25) is 9.59 Å². The number of aromatic nitrogens is 4. The second kappa shape index (κ2) is 9.88. The highest BCUT2D eigenvalue weighted by Gasteiger charge is 2.52. The highest BCUT2D eigenvalue weighted by molar-refractivity contribution is 6.01. The highest BCUT2D eigenvalue weighted by atomic mass is 16.5. The standard InChI is InChI=1S/C35H35N7O4/c1-40-31-25(10-21(13-28(31)46-2)35(45)42-16-22-12-27(43)32(42)30(22)36)39-34(40)26-11-19-6-8-23(38-33(19)41(26)15-17-3-4-17)18-5-7-24-20(9-18)14-29(44)37-24/h5-11,13,17,22,27,30,32,43H,3-4,12,14-16,36H2,1-2H3,(H,37,44)/t22?,27-,30+,32?/m0/s1. The van der Waals surface area contributed by atoms with Crippen LogP contribution in [0.4, 0.5) is 5.69 Å². The number of ether oxygens (including phenoxy) is 1. The first-order valence-electron chi connectivity index (χ1n) is 16.0. The van der Waals surface area contributed by atoms with Gasteiger partial charge in [0.05, 0.1) is 42.6 Å². The van der Waals surface area contributed by atoms with Crippen LogP contribution in [-0.4, -0.2) is 72.8 Å². The molecule has 4 aliphatic rings. The quantitative estimate of drug-likeness (QED) is 0.264. The van der Waals surface area contributed by atoms with Gasteiger partial charge in [-0.1, -0.05) is 6.07 Å². The zero-order valence-electron chi connectivity index (χ0n) is 25.7. The first-order valence-corrected chi connectivity index (χ1v) is 16.0. The monoisotopic (exact) mass is 617 g/mol. The van der Waals surface area contributed by atoms with Crippen LogP contribution in [0.5, 0.6) is 5.75 Å². The number of hydrogen-bond acceptors (Lipinski definition) is 7. The zero-order chi connectivity index (χ0) is 31.4. The molecule has 3 aromatic heterocycles. The van der Waals surface area contributed by atoms with Crippen LogP contribution in [0.2, 0.25) is 0 Å². The van der Waals surface area contributed by atoms with E-state index in [2.05, 4.69) is 28.1 Å². The van der Waals surface area contributed by atoms with Crippen LogP contribution in [0.3, 0.4) is 0 Å². The number of anilines is 1. The predicted molar refractivity (Wildman–Crippen MR) is 173 cm³/mol. The summed E-state index contributed by atoms with van der Waals surface area (Å²) >= 11 is 0. The number of nitrogens with two attached hydrogens (primary N) is 1. The molecule has 2 amide bonds. The van der Waals surface area contributed by atoms with Gasteiger partial charge in [-0.2, -0.15) is 0 Å². The SMILES string of the molecule is COc1cc(C(=O)N2CC3C[C@H](O)C2[C@@H]3N)cc2nc(-c3cc4ccc(-c5ccc6c(c5)CC(=O)N6)nc4n3CC3CC3)n(C)c12. The molecule has 2 aliphatic carbocycles. The molecule has 46 heavy (non-hydrogen) atoms. The lowest BCUT2D eigenvalue weighted by molar-refractivity contribution is -0.115. The Labute approximate surface area is 265 Å². The average molecular weight is 618 g/mol. The number of nitrogens with one attached hydrogen (secondary N) is 1. The summed E-state index contributed by atoms with van der Waals surface area (Å²) in [5.74, 6) is 1.87. The smallest absolute Gasteiger partial charge is 0.254 e. The van der Waals surface area contributed by atoms with E-state index in [0.29, 0.717) is 42.1 Å². The molecule has 5 aromatic rings. The van der Waals surface area contributed by atoms with Crippen LogP contribution in [0.25, 0.3) is 44.8 Å². The molecule has 9 rings (SSSR count). The number of hydrogen-bond donors (Lipinski definition) is 3. The first kappa shape index (κ1) is 27.6. The van der Waals surface area contributed by atoms with Crippen LogP contribution >= 0.6 is 0 Å². The molecule has 234 valence electrons. The van der Waals surface area contributed by atoms with Crippen molar-refractivity contribution in [3.8, 4) is 28.5 Å². The van der Waals surface area contributed by atoms with Gasteiger partial charge in [0.15, 0.2) is 5.82 Å². The molecule has 4 N–H and O–H groups in total. The van der Waals surface area contributed by atoms with Crippen molar-refractivity contribution < 1.29 is 19.4 Å². The summed E-state index contributed by atoms with van der Waals surface area (Å²) in [4.78, 5) is 37.7. The molecule has 0 spiro atoms. The Bertz CT molecular complexity index is 2110. The Kier molecular flexibility index (Phi) is 5.92. The van der Waals surface area contributed by atoms with E-state index >= 15 is 0 Å². The number of methoxy groups -OCH3 is 1. The maximum absolute atomic E-state index is 13.8. The molecular formula is C35H35N7O4. The fourth-order valence-electron chi connectivity index (χ4n) is 7.94. The van der Waals surface area contributed by atoms with Gasteiger partial charge in [0.25, 0.3) is 5.91 Å². The van der Waals surface area contributed by atoms with Crippen LogP contribution in [0.1, 0.15) is 35.2 Å². The molecule has 4 atom stereocenters. The van der Waals surface area contributed by atoms with Crippen molar-refractivity contribution in [2.24, 2.45) is 24.6 Å². The number of fused-ring (bicyclic) bond motifs is 5. The van der Waals surface area contributed by atoms with Crippen molar-refractivity contribution in [2.45, 2.75) is 50.4 Å². The lowest BCUT2D eigenvalue weighted by Crippen LogP contribution is -2.48. The summed E-state index contributed by atoms with van der Waals surface area (Å²) in [7, 11) is 3.58. The third-order valence-electron chi connectivity index (χ3n) is 10.5. The van der Waals surface area contributed by atoms with Crippen molar-refractivity contribution in [3.63, 3.8) is 0 Å². The van der Waals surface area contributed by atoms with Gasteiger partial charge < -0.3 is 34.9 Å². The summed E-state index contributed by atoms with van der Waals surface area (Å²) < 4.78 is 10.1. The average Bonchev–Trinajstić information content (AvgIpc) is 3.25. The van der Waals surface area contributed by atoms with Gasteiger partial charge in [0.2, 0.25) is 5.91 Å². The van der Waals surface area contributed by atoms with Crippen molar-refractivity contribution >= 4 is 39.6 Å². The van der Waals surface area contributed by atoms with Crippen LogP contribution in [-0.2, 0) is 24.8 Å². The van der Waals surface area contributed by atoms with Crippen molar-refractivity contribution in [1.29, 1.82) is 0 Å². The van der Waals surface area contributed by atoms with E-state index in [1.165, 1.54) is 12.8 Å². The Morgan fingerprint density at radius 3 is 2.74 bits per heavy atom. The summed E-state index contributed by atoms with van der Waals surface area (Å²) in [6.45, 7) is 1.38. The van der Waals surface area contributed by atoms with E-state index in [1.54, 1.807) is 18.1 Å². The zero-order valence-corrected chi connectivity index (χ0v) is 25.7. The van der Waals surface area contributed by atoms with Crippen molar-refractivity contribution in [2.75, 3.05) is 19.0 Å². The topological polar surface area (TPSA) is 141 Å². The molecule has 11 heteroatoms. The molecule has 5 heterocycles. The van der Waals surface area contributed by atoms with E-state index in [9.17, 15) is 14.7 Å². The fraction of sp³-hybridized carbons (Fsp3) is 0.371. The number of piperidine rings is 1. The molecule has 2 saturated carbocycles. The second-order valence-electron chi connectivity index (χ2n) is 13.4. The highest BCUT2D eigenvalue weighted by Crippen LogP contribution is 2.41. The minimum atomic E-state index is -0.601. The van der Waals surface area contributed by atoms with Crippen LogP contribution in [0.15, 0.2) is 48.5 Å². The lowest BCUT2D eigenvalue weighted by Gasteiger charge is -2.30. The molecule has 0 radical (unpaired) electrons. The van der Waals surface area contributed by atoms with Gasteiger partial charge in [-0.15, -0.1) is 0 Å². The van der Waals surface area contributed by atoms with Gasteiger partial charge >= 0.3 is 0 Å². The Hall–Kier alpha value is -4.74. The van der Waals surface area contributed by atoms with Gasteiger partial charge in [0, 0.05) is 48.4 Å². The van der Waals surface area contributed by atoms with Crippen molar-refractivity contribution in [3.05, 3.63) is 59.7 Å². The lowest BCUT2D eigenvalue weighted by atomic mass is 10.1. The molecule has 2 unspecified atom stereocenters. The van der Waals surface area contributed by atoms with E-state index in [-0.39, 0.29) is 29.8 Å². The number of amides is 2. The number of rotatable bonds is 6. The molecule has 1 saturated heterocycles. The number of aliphatic hydroxyl groups excluding tert-OH is 1. The maximum Gasteiger partial charge on any atom is 0.254 e. The van der Waals surface area contributed by atoms with E-state index in [4.69, 9.17) is 20.4 Å². The largest absolute Gasteiger partial charge is 0.494 e. The molecular weight excluding hydrogens is 582 g/mol. The Morgan fingerprint density at radius 1 is 1.13 bits per heavy atom. The van der Waals surface area contributed by atoms with Crippen molar-refractivity contribution in [1.82, 2.24) is 24.0 Å². The van der Waals surface area contributed by atoms with E-state index in [1.807, 2.05) is 35.9 Å². The summed E-state index contributed by atoms with van der Waals surface area (Å²) in [6.07, 6.45) is 2.78. The summed E-state index contributed by atoms with van der Waals surface area (Å²) in [5, 5.41) is 14.5. The second-order valence-corrected chi connectivity index (χ2v) is 13.4. The third kappa shape index (κ3) is 4.11. The summed E-state index contributed by atoms with van der Waals surface area (Å²) in [5.41, 5.74) is 13.8. The number of benzene rings is 2. The third-order valence-corrected chi connectivity index (χ3v) is 10.5. The number of pyridine rings is 1. The number of aliphatic hydroxyl groups is 1. The van der Waals surface area contributed by atoms with Crippen LogP contribution < -0.4 is 15.8 Å². The number of aryl methyl sites for hydroxylation is 1. The molecule has 2 aliphatic heterocycles. The van der Waals surface area contributed by atoms with E-state index in [0.717, 1.165) is 57.1 Å². The summed E-state index contributed by atoms with van der Waals surface area (Å²) in [6, 6.07) is 15.3. The Morgan fingerprint density at radius 2 is 1.98 bits per heavy atom. The normalized spacial score (nSPS) is 23.5. The van der Waals surface area contributed by atoms with E-state index < -0.39 is 6.10 Å². The number of carbonyl (C=O) groups is 2. The van der Waals surface area contributed by atoms with Gasteiger partial charge in [-0.05, 0) is 79.1 Å². The number of nitrogens with zero attached hydrogens (tertiary/aromatic N) is 5. The molecule has 3 fully saturated rings. The molecule has 2 bridgehead atoms. The predicted octanol–water partition coefficient (Wildman–Crippen LogP) is 3.70. The molecule has 2 aromatic carbocycles. The number of likely N-dealkylation sites (tertiary alicyclic amines) is 1. The Balaban J connectivity index is 1.14. The number of carbonyl (C=O) groups excluding carboxylic acids is 2. The maximum atomic E-state index is 13.8. The minimum absolute atomic E-state index is 0.0140.